The van der Waals surface area contributed by atoms with Crippen molar-refractivity contribution in [1.29, 1.82) is 0 Å². The summed E-state index contributed by atoms with van der Waals surface area (Å²) < 4.78 is 337. The van der Waals surface area contributed by atoms with Gasteiger partial charge in [0.1, 0.15) is 0 Å². The zero-order chi connectivity index (χ0) is 38.0. The van der Waals surface area contributed by atoms with Gasteiger partial charge in [-0.1, -0.05) is 6.58 Å². The Morgan fingerprint density at radius 3 is 0.870 bits per heavy atom. The van der Waals surface area contributed by atoms with E-state index >= 15 is 0 Å². The number of carbonyl (C=O) groups is 1. The van der Waals surface area contributed by atoms with Gasteiger partial charge in [-0.25, -0.2) is 9.18 Å². The first kappa shape index (κ1) is 43.3. The van der Waals surface area contributed by atoms with Crippen LogP contribution in [0.1, 0.15) is 0 Å². The average Bonchev–Trinajstić information content (AvgIpc) is 2.74. The Bertz CT molecular complexity index is 1140. The summed E-state index contributed by atoms with van der Waals surface area (Å²) in [4.78, 5) is 10.3. The number of aliphatic carboxylic acids is 1. The minimum atomic E-state index is -8.97. The molecule has 0 radical (unpaired) electrons. The van der Waals surface area contributed by atoms with Gasteiger partial charge < -0.3 is 5.11 Å². The number of ether oxygens (including phenoxy) is 4. The van der Waals surface area contributed by atoms with Crippen LogP contribution in [0.25, 0.3) is 0 Å². The smallest absolute Gasteiger partial charge is 0.460 e. The lowest BCUT2D eigenvalue weighted by Gasteiger charge is -2.43. The molecule has 46 heavy (non-hydrogen) atoms. The number of carboxylic acids is 1. The number of alkyl halides is 24. The Hall–Kier alpha value is -2.70. The number of hydrogen-bond acceptors (Lipinski definition) is 5. The molecule has 6 nitrogen and oxygen atoms in total. The highest BCUT2D eigenvalue weighted by Crippen LogP contribution is 2.60. The lowest BCUT2D eigenvalue weighted by molar-refractivity contribution is -0.586. The van der Waals surface area contributed by atoms with Gasteiger partial charge in [0.2, 0.25) is 0 Å². The fraction of sp³-hybridized carbons (Fsp3) is 0.800. The van der Waals surface area contributed by atoms with Gasteiger partial charge in [-0.3, -0.25) is 18.9 Å². The van der Waals surface area contributed by atoms with Gasteiger partial charge in [-0.15, -0.1) is 0 Å². The first-order valence-corrected chi connectivity index (χ1v) is 9.39. The number of hydrogen-bond donors (Lipinski definition) is 1. The molecule has 0 fully saturated rings. The van der Waals surface area contributed by atoms with E-state index in [1.807, 2.05) is 0 Å². The molecule has 0 aliphatic carbocycles. The van der Waals surface area contributed by atoms with Crippen molar-refractivity contribution in [2.75, 3.05) is 0 Å². The zero-order valence-corrected chi connectivity index (χ0v) is 19.6. The summed E-state index contributed by atoms with van der Waals surface area (Å²) in [6.45, 7) is 1.35. The van der Waals surface area contributed by atoms with E-state index < -0.39 is 84.4 Å². The van der Waals surface area contributed by atoms with Gasteiger partial charge in [-0.05, 0) is 0 Å². The molecular weight excluding hydrogens is 751 g/mol. The molecule has 0 bridgehead atoms. The molecule has 0 rings (SSSR count). The van der Waals surface area contributed by atoms with Crippen molar-refractivity contribution < 1.29 is 139 Å². The van der Waals surface area contributed by atoms with Crippen LogP contribution in [0, 0.1) is 0 Å². The molecule has 0 aromatic carbocycles. The first-order chi connectivity index (χ1) is 19.5. The summed E-state index contributed by atoms with van der Waals surface area (Å²) in [5.41, 5.74) is 0. The predicted octanol–water partition coefficient (Wildman–Crippen LogP) is 7.90. The van der Waals surface area contributed by atoms with E-state index in [1.54, 1.807) is 0 Å². The Morgan fingerprint density at radius 2 is 0.674 bits per heavy atom. The second-order valence-corrected chi connectivity index (χ2v) is 7.56. The number of rotatable bonds is 13. The normalized spacial score (nSPS) is 20.3. The van der Waals surface area contributed by atoms with Crippen LogP contribution in [0.5, 0.6) is 0 Å². The van der Waals surface area contributed by atoms with Crippen LogP contribution < -0.4 is 0 Å². The molecule has 0 spiro atoms. The standard InChI is InChI=1S/C15H3F25O6/c1-2(16)5(18,19)44-6(20,10(26,27)28)14(37,38)46-8(22,12(32,33)34)15(39,40)45-7(21,11(29,30)31)13(35,36)43-4(17,3(41)42)9(23,24)25/h1H2,(H,41,42). The van der Waals surface area contributed by atoms with E-state index in [4.69, 9.17) is 5.11 Å². The van der Waals surface area contributed by atoms with Gasteiger partial charge >= 0.3 is 78.5 Å². The molecule has 0 saturated carbocycles. The van der Waals surface area contributed by atoms with Crippen LogP contribution in [-0.4, -0.2) is 83.6 Å². The van der Waals surface area contributed by atoms with Crippen LogP contribution in [0.2, 0.25) is 0 Å². The second kappa shape index (κ2) is 11.5. The second-order valence-electron chi connectivity index (χ2n) is 7.56. The molecule has 4 atom stereocenters. The minimum absolute atomic E-state index is 1.02. The third-order valence-corrected chi connectivity index (χ3v) is 4.25. The van der Waals surface area contributed by atoms with Crippen molar-refractivity contribution in [2.24, 2.45) is 0 Å². The van der Waals surface area contributed by atoms with Crippen LogP contribution in [0.3, 0.4) is 0 Å². The lowest BCUT2D eigenvalue weighted by Crippen LogP contribution is -2.71. The van der Waals surface area contributed by atoms with E-state index in [0.29, 0.717) is 0 Å². The molecule has 0 aromatic heterocycles. The molecule has 274 valence electrons. The molecule has 0 amide bonds. The van der Waals surface area contributed by atoms with Crippen molar-refractivity contribution in [3.63, 3.8) is 0 Å². The summed E-state index contributed by atoms with van der Waals surface area (Å²) in [6, 6.07) is 0. The fourth-order valence-corrected chi connectivity index (χ4v) is 2.03. The van der Waals surface area contributed by atoms with Crippen LogP contribution in [0.15, 0.2) is 12.4 Å². The van der Waals surface area contributed by atoms with Crippen molar-refractivity contribution in [2.45, 2.75) is 72.6 Å². The molecule has 0 aliphatic rings. The van der Waals surface area contributed by atoms with E-state index in [1.165, 1.54) is 16.1 Å². The lowest BCUT2D eigenvalue weighted by atomic mass is 10.2. The SMILES string of the molecule is C=C(F)C(F)(F)OC(F)(C(F)(F)F)C(F)(F)OC(F)(C(F)(F)F)C(F)(F)OC(F)(C(F)(F)F)C(F)(F)OC(F)(C(=O)O)C(F)(F)F. The predicted molar refractivity (Wildman–Crippen MR) is 81.6 cm³/mol. The van der Waals surface area contributed by atoms with Crippen molar-refractivity contribution in [3.8, 4) is 0 Å². The molecule has 31 heteroatoms. The van der Waals surface area contributed by atoms with Crippen molar-refractivity contribution in [3.05, 3.63) is 12.4 Å². The molecular formula is C15H3F25O6. The van der Waals surface area contributed by atoms with Crippen LogP contribution >= 0.6 is 0 Å². The maximum absolute atomic E-state index is 14.3. The molecule has 0 saturated heterocycles. The van der Waals surface area contributed by atoms with E-state index in [2.05, 4.69) is 0 Å². The van der Waals surface area contributed by atoms with Crippen molar-refractivity contribution >= 4 is 5.97 Å². The van der Waals surface area contributed by atoms with Gasteiger partial charge in [0, 0.05) is 0 Å². The Morgan fingerprint density at radius 1 is 0.435 bits per heavy atom. The summed E-state index contributed by atoms with van der Waals surface area (Å²) in [6.07, 6.45) is -66.0. The summed E-state index contributed by atoms with van der Waals surface area (Å²) in [5, 5.41) is 7.97. The monoisotopic (exact) mass is 754 g/mol. The quantitative estimate of drug-likeness (QED) is 0.193. The Kier molecular flexibility index (Phi) is 10.8. The maximum atomic E-state index is 14.3. The van der Waals surface area contributed by atoms with Gasteiger partial charge in [0.25, 0.3) is 0 Å². The highest BCUT2D eigenvalue weighted by Gasteiger charge is 2.89. The molecule has 0 aromatic rings. The van der Waals surface area contributed by atoms with Gasteiger partial charge in [-0.2, -0.15) is 105 Å². The summed E-state index contributed by atoms with van der Waals surface area (Å²) in [5.74, 6) is -41.8. The minimum Gasteiger partial charge on any atom is -0.477 e. The zero-order valence-electron chi connectivity index (χ0n) is 19.6. The molecule has 4 unspecified atom stereocenters. The molecule has 0 aliphatic heterocycles. The Balaban J connectivity index is 7.55. The van der Waals surface area contributed by atoms with E-state index in [0.717, 1.165) is 9.47 Å². The molecule has 0 heterocycles. The largest absolute Gasteiger partial charge is 0.477 e. The van der Waals surface area contributed by atoms with Gasteiger partial charge in [0.15, 0.2) is 5.83 Å². The highest BCUT2D eigenvalue weighted by atomic mass is 19.4. The van der Waals surface area contributed by atoms with Crippen LogP contribution in [-0.2, 0) is 23.7 Å². The van der Waals surface area contributed by atoms with Gasteiger partial charge in [0.05, 0.1) is 0 Å². The average molecular weight is 754 g/mol. The van der Waals surface area contributed by atoms with Crippen molar-refractivity contribution in [1.82, 2.24) is 0 Å². The first-order valence-electron chi connectivity index (χ1n) is 9.39. The third-order valence-electron chi connectivity index (χ3n) is 4.25. The Labute approximate surface area is 231 Å². The summed E-state index contributed by atoms with van der Waals surface area (Å²) >= 11 is 0. The third kappa shape index (κ3) is 7.23. The number of halogens is 25. The molecule has 1 N–H and O–H groups in total. The maximum Gasteiger partial charge on any atom is 0.460 e. The highest BCUT2D eigenvalue weighted by molar-refractivity contribution is 5.76. The fourth-order valence-electron chi connectivity index (χ4n) is 2.03. The van der Waals surface area contributed by atoms with Crippen LogP contribution in [0.4, 0.5) is 110 Å². The summed E-state index contributed by atoms with van der Waals surface area (Å²) in [7, 11) is 0. The topological polar surface area (TPSA) is 74.2 Å². The van der Waals surface area contributed by atoms with E-state index in [-0.39, 0.29) is 0 Å². The van der Waals surface area contributed by atoms with E-state index in [9.17, 15) is 115 Å². The number of carboxylic acid groups (broad SMARTS) is 1.